The first-order chi connectivity index (χ1) is 24.8. The Bertz CT molecular complexity index is 2800. The molecule has 0 aliphatic heterocycles. The Hall–Kier alpha value is -6.43. The molecule has 3 heterocycles. The van der Waals surface area contributed by atoms with Crippen molar-refractivity contribution < 1.29 is 0 Å². The van der Waals surface area contributed by atoms with Gasteiger partial charge in [0.05, 0.1) is 11.0 Å². The number of fused-ring (bicyclic) bond motifs is 6. The summed E-state index contributed by atoms with van der Waals surface area (Å²) < 4.78 is 4.87. The maximum absolute atomic E-state index is 4.99. The molecule has 3 aromatic heterocycles. The van der Waals surface area contributed by atoms with Crippen LogP contribution in [0.25, 0.3) is 93.0 Å². The van der Waals surface area contributed by atoms with Crippen LogP contribution in [0, 0.1) is 0 Å². The molecule has 50 heavy (non-hydrogen) atoms. The van der Waals surface area contributed by atoms with Gasteiger partial charge in [-0.25, -0.2) is 15.0 Å². The van der Waals surface area contributed by atoms with Gasteiger partial charge in [0.25, 0.3) is 0 Å². The highest BCUT2D eigenvalue weighted by atomic mass is 32.1. The van der Waals surface area contributed by atoms with Crippen LogP contribution in [0.3, 0.4) is 0 Å². The Balaban J connectivity index is 1.12. The van der Waals surface area contributed by atoms with Crippen molar-refractivity contribution in [3.63, 3.8) is 0 Å². The Morgan fingerprint density at radius 3 is 1.66 bits per heavy atom. The zero-order valence-electron chi connectivity index (χ0n) is 26.9. The second kappa shape index (κ2) is 11.6. The molecule has 0 fully saturated rings. The van der Waals surface area contributed by atoms with Crippen molar-refractivity contribution in [3.8, 4) is 51.0 Å². The minimum Gasteiger partial charge on any atom is -0.309 e. The first-order valence-corrected chi connectivity index (χ1v) is 17.5. The van der Waals surface area contributed by atoms with Crippen molar-refractivity contribution in [3.05, 3.63) is 170 Å². The summed E-state index contributed by atoms with van der Waals surface area (Å²) in [7, 11) is 0. The van der Waals surface area contributed by atoms with E-state index in [0.29, 0.717) is 17.5 Å². The van der Waals surface area contributed by atoms with Crippen molar-refractivity contribution >= 4 is 53.3 Å². The average Bonchev–Trinajstić information content (AvgIpc) is 3.74. The van der Waals surface area contributed by atoms with E-state index in [9.17, 15) is 0 Å². The molecule has 0 bridgehead atoms. The standard InChI is InChI=1S/C45H28N4S/c1-4-13-29(14-5-1)43-46-44(30-15-6-2-7-16-30)48-45(47-43)32-24-26-41-38(28-32)36-21-12-20-34(42(36)50-41)31-23-25-40-37(27-31)35-19-10-11-22-39(35)49(40)33-17-8-3-9-18-33/h1-28H. The van der Waals surface area contributed by atoms with Gasteiger partial charge >= 0.3 is 0 Å². The summed E-state index contributed by atoms with van der Waals surface area (Å²) in [5.41, 5.74) is 8.92. The first kappa shape index (κ1) is 28.6. The lowest BCUT2D eigenvalue weighted by Crippen LogP contribution is -2.00. The van der Waals surface area contributed by atoms with Crippen molar-refractivity contribution in [1.82, 2.24) is 19.5 Å². The molecular weight excluding hydrogens is 629 g/mol. The summed E-state index contributed by atoms with van der Waals surface area (Å²) in [6.45, 7) is 0. The van der Waals surface area contributed by atoms with E-state index in [0.717, 1.165) is 16.7 Å². The zero-order chi connectivity index (χ0) is 33.0. The number of thiophene rings is 1. The molecule has 10 rings (SSSR count). The summed E-state index contributed by atoms with van der Waals surface area (Å²) in [6, 6.07) is 59.7. The Morgan fingerprint density at radius 2 is 0.940 bits per heavy atom. The highest BCUT2D eigenvalue weighted by Crippen LogP contribution is 2.43. The molecule has 5 heteroatoms. The van der Waals surface area contributed by atoms with Crippen LogP contribution in [0.5, 0.6) is 0 Å². The third-order valence-corrected chi connectivity index (χ3v) is 10.7. The number of para-hydroxylation sites is 2. The summed E-state index contributed by atoms with van der Waals surface area (Å²) >= 11 is 1.84. The van der Waals surface area contributed by atoms with Crippen LogP contribution in [0.2, 0.25) is 0 Å². The SMILES string of the molecule is c1ccc(-c2nc(-c3ccccc3)nc(-c3ccc4sc5c(-c6ccc7c(c6)c6ccccc6n7-c6ccccc6)cccc5c4c3)n2)cc1. The third-order valence-electron chi connectivity index (χ3n) is 9.45. The van der Waals surface area contributed by atoms with Crippen LogP contribution in [0.1, 0.15) is 0 Å². The molecule has 0 aliphatic carbocycles. The van der Waals surface area contributed by atoms with Gasteiger partial charge in [0, 0.05) is 53.3 Å². The fourth-order valence-electron chi connectivity index (χ4n) is 7.10. The second-order valence-corrected chi connectivity index (χ2v) is 13.5. The van der Waals surface area contributed by atoms with Crippen LogP contribution < -0.4 is 0 Å². The molecule has 0 spiro atoms. The number of nitrogens with zero attached hydrogens (tertiary/aromatic N) is 4. The van der Waals surface area contributed by atoms with Gasteiger partial charge < -0.3 is 4.57 Å². The lowest BCUT2D eigenvalue weighted by molar-refractivity contribution is 1.07. The Kier molecular flexibility index (Phi) is 6.64. The van der Waals surface area contributed by atoms with Crippen LogP contribution in [0.4, 0.5) is 0 Å². The zero-order valence-corrected chi connectivity index (χ0v) is 27.7. The van der Waals surface area contributed by atoms with Gasteiger partial charge in [-0.05, 0) is 59.7 Å². The van der Waals surface area contributed by atoms with E-state index in [-0.39, 0.29) is 0 Å². The second-order valence-electron chi connectivity index (χ2n) is 12.5. The van der Waals surface area contributed by atoms with Gasteiger partial charge in [-0.3, -0.25) is 0 Å². The molecule has 0 radical (unpaired) electrons. The normalized spacial score (nSPS) is 11.6. The van der Waals surface area contributed by atoms with Gasteiger partial charge in [-0.15, -0.1) is 11.3 Å². The van der Waals surface area contributed by atoms with Crippen molar-refractivity contribution in [2.45, 2.75) is 0 Å². The minimum atomic E-state index is 0.662. The Morgan fingerprint density at radius 1 is 0.380 bits per heavy atom. The first-order valence-electron chi connectivity index (χ1n) is 16.7. The van der Waals surface area contributed by atoms with Gasteiger partial charge in [-0.2, -0.15) is 0 Å². The highest BCUT2D eigenvalue weighted by molar-refractivity contribution is 7.26. The summed E-state index contributed by atoms with van der Waals surface area (Å²) in [5, 5.41) is 4.94. The number of benzene rings is 7. The molecule has 234 valence electrons. The van der Waals surface area contributed by atoms with E-state index >= 15 is 0 Å². The van der Waals surface area contributed by atoms with Gasteiger partial charge in [0.1, 0.15) is 0 Å². The fourth-order valence-corrected chi connectivity index (χ4v) is 8.32. The molecule has 0 amide bonds. The van der Waals surface area contributed by atoms with Crippen LogP contribution in [-0.2, 0) is 0 Å². The van der Waals surface area contributed by atoms with E-state index in [1.165, 1.54) is 58.8 Å². The summed E-state index contributed by atoms with van der Waals surface area (Å²) in [5.74, 6) is 1.99. The molecule has 0 N–H and O–H groups in total. The predicted molar refractivity (Wildman–Crippen MR) is 209 cm³/mol. The molecule has 0 unspecified atom stereocenters. The lowest BCUT2D eigenvalue weighted by Gasteiger charge is -2.09. The smallest absolute Gasteiger partial charge is 0.164 e. The monoisotopic (exact) mass is 656 g/mol. The highest BCUT2D eigenvalue weighted by Gasteiger charge is 2.17. The predicted octanol–water partition coefficient (Wildman–Crippen LogP) is 12.0. The third kappa shape index (κ3) is 4.71. The maximum atomic E-state index is 4.99. The van der Waals surface area contributed by atoms with E-state index in [2.05, 4.69) is 114 Å². The topological polar surface area (TPSA) is 43.6 Å². The lowest BCUT2D eigenvalue weighted by atomic mass is 10.00. The minimum absolute atomic E-state index is 0.662. The summed E-state index contributed by atoms with van der Waals surface area (Å²) in [6.07, 6.45) is 0. The van der Waals surface area contributed by atoms with Crippen molar-refractivity contribution in [2.75, 3.05) is 0 Å². The quantitative estimate of drug-likeness (QED) is 0.185. The molecule has 4 nitrogen and oxygen atoms in total. The summed E-state index contributed by atoms with van der Waals surface area (Å²) in [4.78, 5) is 14.9. The average molecular weight is 657 g/mol. The number of rotatable bonds is 5. The van der Waals surface area contributed by atoms with E-state index in [1.54, 1.807) is 0 Å². The van der Waals surface area contributed by atoms with Crippen molar-refractivity contribution in [1.29, 1.82) is 0 Å². The molecule has 0 aliphatic rings. The van der Waals surface area contributed by atoms with Crippen LogP contribution >= 0.6 is 11.3 Å². The fraction of sp³-hybridized carbons (Fsp3) is 0. The van der Waals surface area contributed by atoms with E-state index < -0.39 is 0 Å². The van der Waals surface area contributed by atoms with Crippen molar-refractivity contribution in [2.24, 2.45) is 0 Å². The molecule has 10 aromatic rings. The molecular formula is C45H28N4S. The Labute approximate surface area is 292 Å². The van der Waals surface area contributed by atoms with Gasteiger partial charge in [-0.1, -0.05) is 121 Å². The molecule has 0 atom stereocenters. The maximum Gasteiger partial charge on any atom is 0.164 e. The largest absolute Gasteiger partial charge is 0.309 e. The number of aromatic nitrogens is 4. The number of hydrogen-bond donors (Lipinski definition) is 0. The molecule has 7 aromatic carbocycles. The number of hydrogen-bond acceptors (Lipinski definition) is 4. The van der Waals surface area contributed by atoms with Gasteiger partial charge in [0.2, 0.25) is 0 Å². The van der Waals surface area contributed by atoms with Crippen LogP contribution in [0.15, 0.2) is 170 Å². The van der Waals surface area contributed by atoms with Gasteiger partial charge in [0.15, 0.2) is 17.5 Å². The molecule has 0 saturated carbocycles. The molecule has 0 saturated heterocycles. The van der Waals surface area contributed by atoms with E-state index in [1.807, 2.05) is 72.0 Å². The van der Waals surface area contributed by atoms with E-state index in [4.69, 9.17) is 15.0 Å². The van der Waals surface area contributed by atoms with Crippen LogP contribution in [-0.4, -0.2) is 19.5 Å².